The van der Waals surface area contributed by atoms with Crippen molar-refractivity contribution in [1.29, 1.82) is 0 Å². The van der Waals surface area contributed by atoms with E-state index < -0.39 is 23.7 Å². The first-order valence-corrected chi connectivity index (χ1v) is 15.7. The first-order chi connectivity index (χ1) is 23.3. The summed E-state index contributed by atoms with van der Waals surface area (Å²) in [4.78, 5) is 34.4. The highest BCUT2D eigenvalue weighted by atomic mass is 19.1. The predicted octanol–water partition coefficient (Wildman–Crippen LogP) is 10.2. The Bertz CT molecular complexity index is 1840. The van der Waals surface area contributed by atoms with Crippen LogP contribution in [0.15, 0.2) is 121 Å². The van der Waals surface area contributed by atoms with E-state index >= 15 is 0 Å². The second-order valence-electron chi connectivity index (χ2n) is 11.5. The second kappa shape index (κ2) is 18.1. The number of benzene rings is 4. The Balaban J connectivity index is 0.000000266. The molecule has 4 aromatic rings. The Kier molecular flexibility index (Phi) is 13.9. The summed E-state index contributed by atoms with van der Waals surface area (Å²) in [6, 6.07) is 22.9. The van der Waals surface area contributed by atoms with Gasteiger partial charge in [0.15, 0.2) is 0 Å². The summed E-state index contributed by atoms with van der Waals surface area (Å²) in [5, 5.41) is 0. The third-order valence-electron chi connectivity index (χ3n) is 7.07. The molecule has 4 rings (SSSR count). The number of unbranched alkanes of at least 4 members (excludes halogenated alkanes) is 2. The maximum absolute atomic E-state index is 14.3. The van der Waals surface area contributed by atoms with Gasteiger partial charge in [-0.15, -0.1) is 0 Å². The zero-order valence-corrected chi connectivity index (χ0v) is 28.2. The van der Waals surface area contributed by atoms with Crippen LogP contribution in [0.2, 0.25) is 0 Å². The highest BCUT2D eigenvalue weighted by Crippen LogP contribution is 2.29. The van der Waals surface area contributed by atoms with Gasteiger partial charge >= 0.3 is 17.9 Å². The number of hydrogen-bond donors (Lipinski definition) is 0. The number of aryl methyl sites for hydroxylation is 1. The number of carbonyl (C=O) groups is 3. The number of halogens is 2. The van der Waals surface area contributed by atoms with Gasteiger partial charge in [-0.3, -0.25) is 0 Å². The van der Waals surface area contributed by atoms with Gasteiger partial charge in [-0.05, 0) is 98.3 Å². The van der Waals surface area contributed by atoms with E-state index in [9.17, 15) is 23.2 Å². The molecular weight excluding hydrogens is 626 g/mol. The highest BCUT2D eigenvalue weighted by molar-refractivity contribution is 5.90. The lowest BCUT2D eigenvalue weighted by Crippen LogP contribution is -2.08. The average Bonchev–Trinajstić information content (AvgIpc) is 3.06. The third kappa shape index (κ3) is 11.5. The Labute approximate surface area is 286 Å². The molecule has 0 aliphatic heterocycles. The average molecular weight is 667 g/mol. The molecule has 0 bridgehead atoms. The van der Waals surface area contributed by atoms with Crippen LogP contribution in [0.25, 0.3) is 22.3 Å². The fourth-order valence-electron chi connectivity index (χ4n) is 4.29. The number of carbonyl (C=O) groups excluding carboxylic acids is 3. The minimum Gasteiger partial charge on any atom is -0.423 e. The molecule has 6 nitrogen and oxygen atoms in total. The van der Waals surface area contributed by atoms with Gasteiger partial charge in [0.05, 0.1) is 0 Å². The van der Waals surface area contributed by atoms with E-state index in [1.54, 1.807) is 56.3 Å². The molecule has 0 amide bonds. The normalized spacial score (nSPS) is 10.2. The zero-order chi connectivity index (χ0) is 36.1. The van der Waals surface area contributed by atoms with E-state index in [0.29, 0.717) is 28.2 Å². The van der Waals surface area contributed by atoms with Gasteiger partial charge in [-0.2, -0.15) is 0 Å². The largest absolute Gasteiger partial charge is 0.423 e. The summed E-state index contributed by atoms with van der Waals surface area (Å²) >= 11 is 0. The van der Waals surface area contributed by atoms with Crippen LogP contribution in [0.1, 0.15) is 52.5 Å². The van der Waals surface area contributed by atoms with Gasteiger partial charge in [0.2, 0.25) is 0 Å². The lowest BCUT2D eigenvalue weighted by atomic mass is 10.0. The van der Waals surface area contributed by atoms with Gasteiger partial charge in [0, 0.05) is 28.3 Å². The molecule has 0 heterocycles. The van der Waals surface area contributed by atoms with E-state index in [1.807, 2.05) is 24.3 Å². The quantitative estimate of drug-likeness (QED) is 0.0648. The number of ether oxygens (including phenoxy) is 3. The Morgan fingerprint density at radius 1 is 0.551 bits per heavy atom. The maximum Gasteiger partial charge on any atom is 0.338 e. The Hall–Kier alpha value is -5.63. The monoisotopic (exact) mass is 666 g/mol. The molecular formula is C41H40F2O6. The molecule has 0 aliphatic rings. The third-order valence-corrected chi connectivity index (χ3v) is 7.07. The van der Waals surface area contributed by atoms with E-state index in [0.717, 1.165) is 48.4 Å². The molecule has 4 aromatic carbocycles. The van der Waals surface area contributed by atoms with Crippen LogP contribution < -0.4 is 14.2 Å². The molecule has 49 heavy (non-hydrogen) atoms. The van der Waals surface area contributed by atoms with Crippen molar-refractivity contribution in [1.82, 2.24) is 0 Å². The fraction of sp³-hybridized carbons (Fsp3) is 0.195. The highest BCUT2D eigenvalue weighted by Gasteiger charge is 2.12. The fourth-order valence-corrected chi connectivity index (χ4v) is 4.29. The van der Waals surface area contributed by atoms with Gasteiger partial charge in [0.25, 0.3) is 0 Å². The van der Waals surface area contributed by atoms with Crippen LogP contribution in [-0.4, -0.2) is 17.9 Å². The van der Waals surface area contributed by atoms with Crippen LogP contribution in [0.4, 0.5) is 8.78 Å². The number of rotatable bonds is 12. The number of hydrogen-bond acceptors (Lipinski definition) is 6. The molecule has 0 radical (unpaired) electrons. The molecule has 0 saturated heterocycles. The standard InChI is InChI=1S/C21H23FO2.C20H17FO4/c1-4-5-6-7-17-8-9-18(14-20(17)22)16-10-12-19(13-11-16)24-21(23)15(2)3;1-12(2)19(22)24-15-7-5-14(6-8-15)17-10-9-16(11-18(17)21)25-20(23)13(3)4/h8-14H,2,4-7H2,1,3H3;5-11H,1,3H2,2,4H3. The summed E-state index contributed by atoms with van der Waals surface area (Å²) < 4.78 is 43.7. The molecule has 0 fully saturated rings. The van der Waals surface area contributed by atoms with Crippen LogP contribution >= 0.6 is 0 Å². The molecule has 0 aromatic heterocycles. The lowest BCUT2D eigenvalue weighted by molar-refractivity contribution is -0.130. The van der Waals surface area contributed by atoms with Crippen molar-refractivity contribution in [3.63, 3.8) is 0 Å². The number of esters is 3. The SMILES string of the molecule is C=C(C)C(=O)Oc1ccc(-c2ccc(CCCCC)c(F)c2)cc1.C=C(C)C(=O)Oc1ccc(-c2ccc(OC(=O)C(=C)C)cc2F)cc1. The summed E-state index contributed by atoms with van der Waals surface area (Å²) in [7, 11) is 0. The minimum atomic E-state index is -0.615. The summed E-state index contributed by atoms with van der Waals surface area (Å²) in [5.74, 6) is -1.42. The van der Waals surface area contributed by atoms with Crippen molar-refractivity contribution in [2.45, 2.75) is 53.4 Å². The van der Waals surface area contributed by atoms with E-state index in [-0.39, 0.29) is 22.7 Å². The molecule has 0 N–H and O–H groups in total. The first-order valence-electron chi connectivity index (χ1n) is 15.7. The van der Waals surface area contributed by atoms with Crippen LogP contribution in [0.5, 0.6) is 17.2 Å². The van der Waals surface area contributed by atoms with E-state index in [2.05, 4.69) is 26.7 Å². The summed E-state index contributed by atoms with van der Waals surface area (Å²) in [5.41, 5.74) is 4.23. The topological polar surface area (TPSA) is 78.9 Å². The van der Waals surface area contributed by atoms with Crippen molar-refractivity contribution < 1.29 is 37.4 Å². The molecule has 8 heteroatoms. The summed E-state index contributed by atoms with van der Waals surface area (Å²) in [6.45, 7) is 17.3. The smallest absolute Gasteiger partial charge is 0.338 e. The molecule has 0 atom stereocenters. The molecule has 0 saturated carbocycles. The predicted molar refractivity (Wildman–Crippen MR) is 188 cm³/mol. The van der Waals surface area contributed by atoms with Gasteiger partial charge in [0.1, 0.15) is 28.9 Å². The van der Waals surface area contributed by atoms with Crippen LogP contribution in [-0.2, 0) is 20.8 Å². The van der Waals surface area contributed by atoms with Crippen molar-refractivity contribution in [3.8, 4) is 39.5 Å². The van der Waals surface area contributed by atoms with Crippen molar-refractivity contribution in [3.05, 3.63) is 139 Å². The van der Waals surface area contributed by atoms with Crippen molar-refractivity contribution in [2.24, 2.45) is 0 Å². The molecule has 0 spiro atoms. The Morgan fingerprint density at radius 3 is 1.45 bits per heavy atom. The van der Waals surface area contributed by atoms with Crippen molar-refractivity contribution in [2.75, 3.05) is 0 Å². The van der Waals surface area contributed by atoms with E-state index in [4.69, 9.17) is 14.2 Å². The zero-order valence-electron chi connectivity index (χ0n) is 28.2. The minimum absolute atomic E-state index is 0.0984. The molecule has 254 valence electrons. The second-order valence-corrected chi connectivity index (χ2v) is 11.5. The van der Waals surface area contributed by atoms with Gasteiger partial charge in [-0.25, -0.2) is 23.2 Å². The molecule has 0 aliphatic carbocycles. The van der Waals surface area contributed by atoms with Crippen LogP contribution in [0, 0.1) is 11.6 Å². The molecule has 0 unspecified atom stereocenters. The summed E-state index contributed by atoms with van der Waals surface area (Å²) in [6.07, 6.45) is 4.03. The van der Waals surface area contributed by atoms with E-state index in [1.165, 1.54) is 19.1 Å². The van der Waals surface area contributed by atoms with Crippen LogP contribution in [0.3, 0.4) is 0 Å². The Morgan fingerprint density at radius 2 is 1.00 bits per heavy atom. The van der Waals surface area contributed by atoms with Crippen molar-refractivity contribution >= 4 is 17.9 Å². The van der Waals surface area contributed by atoms with Gasteiger partial charge in [-0.1, -0.05) is 75.9 Å². The lowest BCUT2D eigenvalue weighted by Gasteiger charge is -2.08. The first kappa shape index (κ1) is 37.8. The maximum atomic E-state index is 14.3. The van der Waals surface area contributed by atoms with Gasteiger partial charge < -0.3 is 14.2 Å².